The molecule has 0 aliphatic carbocycles. The SMILES string of the molecule is COc1cc2ncc(-c3cccc(N[C@@H]4CCNC4)n3)n2cc1-c1c[nH][n+](C)c1. The van der Waals surface area contributed by atoms with E-state index in [9.17, 15) is 0 Å². The van der Waals surface area contributed by atoms with Crippen molar-refractivity contribution in [3.05, 3.63) is 49.1 Å². The third-order valence-corrected chi connectivity index (χ3v) is 5.32. The summed E-state index contributed by atoms with van der Waals surface area (Å²) < 4.78 is 9.59. The minimum absolute atomic E-state index is 0.421. The molecule has 5 heterocycles. The first kappa shape index (κ1) is 17.7. The number of hydrogen-bond acceptors (Lipinski definition) is 5. The van der Waals surface area contributed by atoms with Gasteiger partial charge in [0.1, 0.15) is 17.2 Å². The largest absolute Gasteiger partial charge is 0.496 e. The quantitative estimate of drug-likeness (QED) is 0.454. The van der Waals surface area contributed by atoms with Crippen molar-refractivity contribution in [2.75, 3.05) is 25.5 Å². The average molecular weight is 390 g/mol. The number of aryl methyl sites for hydroxylation is 1. The van der Waals surface area contributed by atoms with Gasteiger partial charge in [-0.25, -0.2) is 9.97 Å². The monoisotopic (exact) mass is 390 g/mol. The fourth-order valence-corrected chi connectivity index (χ4v) is 3.83. The summed E-state index contributed by atoms with van der Waals surface area (Å²) in [5, 5.41) is 10.1. The zero-order chi connectivity index (χ0) is 19.8. The van der Waals surface area contributed by atoms with Crippen molar-refractivity contribution in [3.63, 3.8) is 0 Å². The predicted octanol–water partition coefficient (Wildman–Crippen LogP) is 2.00. The molecule has 0 unspecified atom stereocenters. The van der Waals surface area contributed by atoms with Crippen LogP contribution in [0.1, 0.15) is 6.42 Å². The Morgan fingerprint density at radius 2 is 2.28 bits per heavy atom. The minimum atomic E-state index is 0.421. The molecule has 0 bridgehead atoms. The van der Waals surface area contributed by atoms with Gasteiger partial charge in [-0.3, -0.25) is 4.40 Å². The van der Waals surface area contributed by atoms with Crippen LogP contribution in [0.4, 0.5) is 5.82 Å². The Morgan fingerprint density at radius 3 is 3.03 bits per heavy atom. The van der Waals surface area contributed by atoms with E-state index >= 15 is 0 Å². The van der Waals surface area contributed by atoms with Crippen molar-refractivity contribution in [2.24, 2.45) is 7.05 Å². The molecule has 1 aliphatic heterocycles. The standard InChI is InChI=1S/C21H23N7O/c1-27-12-14(9-24-27)16-13-28-18(11-23-21(28)8-19(16)29-2)17-4-3-5-20(26-17)25-15-6-7-22-10-15/h3-5,8-9,11-13,15,22H,6-7,10H2,1-2H3,(H,25,26)/p+1/t15-/m1/s1. The molecule has 0 spiro atoms. The Kier molecular flexibility index (Phi) is 4.40. The van der Waals surface area contributed by atoms with Crippen LogP contribution in [0.5, 0.6) is 5.75 Å². The fourth-order valence-electron chi connectivity index (χ4n) is 3.83. The summed E-state index contributed by atoms with van der Waals surface area (Å²) in [5.41, 5.74) is 4.67. The molecule has 148 valence electrons. The van der Waals surface area contributed by atoms with Crippen molar-refractivity contribution in [2.45, 2.75) is 12.5 Å². The van der Waals surface area contributed by atoms with Crippen LogP contribution < -0.4 is 20.1 Å². The molecule has 4 aromatic heterocycles. The summed E-state index contributed by atoms with van der Waals surface area (Å²) in [5.74, 6) is 1.67. The number of aromatic amines is 1. The van der Waals surface area contributed by atoms with Crippen molar-refractivity contribution in [1.29, 1.82) is 0 Å². The number of hydrogen-bond donors (Lipinski definition) is 3. The first-order valence-corrected chi connectivity index (χ1v) is 9.75. The molecule has 0 amide bonds. The zero-order valence-electron chi connectivity index (χ0n) is 16.5. The second-order valence-electron chi connectivity index (χ2n) is 7.34. The van der Waals surface area contributed by atoms with E-state index in [2.05, 4.69) is 31.3 Å². The summed E-state index contributed by atoms with van der Waals surface area (Å²) >= 11 is 0. The molecule has 0 saturated carbocycles. The summed E-state index contributed by atoms with van der Waals surface area (Å²) in [4.78, 5) is 9.41. The van der Waals surface area contributed by atoms with Gasteiger partial charge in [-0.2, -0.15) is 5.10 Å². The van der Waals surface area contributed by atoms with E-state index < -0.39 is 0 Å². The van der Waals surface area contributed by atoms with Crippen LogP contribution in [0.15, 0.2) is 49.1 Å². The maximum Gasteiger partial charge on any atom is 0.203 e. The fraction of sp³-hybridized carbons (Fsp3) is 0.286. The van der Waals surface area contributed by atoms with Crippen molar-refractivity contribution in [1.82, 2.24) is 24.8 Å². The highest BCUT2D eigenvalue weighted by molar-refractivity contribution is 5.73. The van der Waals surface area contributed by atoms with Gasteiger partial charge in [0, 0.05) is 30.4 Å². The first-order chi connectivity index (χ1) is 14.2. The van der Waals surface area contributed by atoms with Gasteiger partial charge in [0.05, 0.1) is 36.5 Å². The van der Waals surface area contributed by atoms with Gasteiger partial charge in [0.2, 0.25) is 6.20 Å². The minimum Gasteiger partial charge on any atom is -0.496 e. The number of nitrogens with zero attached hydrogens (tertiary/aromatic N) is 4. The van der Waals surface area contributed by atoms with Gasteiger partial charge in [-0.05, 0) is 25.1 Å². The predicted molar refractivity (Wildman–Crippen MR) is 111 cm³/mol. The lowest BCUT2D eigenvalue weighted by molar-refractivity contribution is -0.726. The molecule has 1 fully saturated rings. The van der Waals surface area contributed by atoms with Crippen LogP contribution in [0.25, 0.3) is 28.2 Å². The molecule has 1 aliphatic rings. The number of H-pyrrole nitrogens is 1. The third-order valence-electron chi connectivity index (χ3n) is 5.32. The van der Waals surface area contributed by atoms with Crippen LogP contribution in [-0.2, 0) is 7.05 Å². The molecule has 0 aromatic carbocycles. The Balaban J connectivity index is 1.57. The second-order valence-corrected chi connectivity index (χ2v) is 7.34. The first-order valence-electron chi connectivity index (χ1n) is 9.75. The number of nitrogens with one attached hydrogen (secondary N) is 3. The molecule has 8 heteroatoms. The molecule has 1 atom stereocenters. The molecular formula is C21H24N7O+. The van der Waals surface area contributed by atoms with Gasteiger partial charge < -0.3 is 15.4 Å². The number of anilines is 1. The van der Waals surface area contributed by atoms with Gasteiger partial charge in [0.25, 0.3) is 0 Å². The van der Waals surface area contributed by atoms with E-state index in [0.717, 1.165) is 59.2 Å². The summed E-state index contributed by atoms with van der Waals surface area (Å²) in [6.07, 6.45) is 9.01. The Labute approximate surface area is 168 Å². The van der Waals surface area contributed by atoms with Gasteiger partial charge in [-0.1, -0.05) is 6.07 Å². The number of imidazole rings is 1. The van der Waals surface area contributed by atoms with Gasteiger partial charge >= 0.3 is 0 Å². The highest BCUT2D eigenvalue weighted by atomic mass is 16.5. The van der Waals surface area contributed by atoms with E-state index in [-0.39, 0.29) is 0 Å². The number of ether oxygens (including phenoxy) is 1. The molecular weight excluding hydrogens is 366 g/mol. The topological polar surface area (TPSA) is 83.2 Å². The summed E-state index contributed by atoms with van der Waals surface area (Å²) in [6, 6.07) is 8.44. The van der Waals surface area contributed by atoms with Crippen LogP contribution in [0, 0.1) is 0 Å². The van der Waals surface area contributed by atoms with Crippen LogP contribution in [0.3, 0.4) is 0 Å². The third kappa shape index (κ3) is 3.31. The van der Waals surface area contributed by atoms with E-state index in [0.29, 0.717) is 6.04 Å². The lowest BCUT2D eigenvalue weighted by Gasteiger charge is -2.13. The maximum atomic E-state index is 5.62. The van der Waals surface area contributed by atoms with Gasteiger partial charge in [0.15, 0.2) is 7.05 Å². The zero-order valence-corrected chi connectivity index (χ0v) is 16.5. The molecule has 8 nitrogen and oxygen atoms in total. The summed E-state index contributed by atoms with van der Waals surface area (Å²) in [7, 11) is 3.64. The Hall–Kier alpha value is -3.39. The van der Waals surface area contributed by atoms with Crippen LogP contribution >= 0.6 is 0 Å². The average Bonchev–Trinajstić information content (AvgIpc) is 3.48. The van der Waals surface area contributed by atoms with Gasteiger partial charge in [-0.15, -0.1) is 4.68 Å². The summed E-state index contributed by atoms with van der Waals surface area (Å²) in [6.45, 7) is 2.02. The second kappa shape index (κ2) is 7.21. The highest BCUT2D eigenvalue weighted by Crippen LogP contribution is 2.32. The lowest BCUT2D eigenvalue weighted by atomic mass is 10.1. The van der Waals surface area contributed by atoms with E-state index in [1.807, 2.05) is 54.6 Å². The molecule has 5 rings (SSSR count). The maximum absolute atomic E-state index is 5.62. The van der Waals surface area contributed by atoms with Crippen LogP contribution in [0.2, 0.25) is 0 Å². The van der Waals surface area contributed by atoms with Crippen LogP contribution in [-0.4, -0.2) is 45.7 Å². The number of methoxy groups -OCH3 is 1. The molecule has 0 radical (unpaired) electrons. The molecule has 4 aromatic rings. The lowest BCUT2D eigenvalue weighted by Crippen LogP contribution is -2.27. The number of rotatable bonds is 5. The highest BCUT2D eigenvalue weighted by Gasteiger charge is 2.17. The number of fused-ring (bicyclic) bond motifs is 1. The molecule has 29 heavy (non-hydrogen) atoms. The number of aromatic nitrogens is 5. The Bertz CT molecular complexity index is 1160. The van der Waals surface area contributed by atoms with E-state index in [4.69, 9.17) is 9.72 Å². The molecule has 3 N–H and O–H groups in total. The molecule has 1 saturated heterocycles. The number of pyridine rings is 2. The Morgan fingerprint density at radius 1 is 1.34 bits per heavy atom. The van der Waals surface area contributed by atoms with Crippen molar-refractivity contribution >= 4 is 11.5 Å². The van der Waals surface area contributed by atoms with E-state index in [1.165, 1.54) is 0 Å². The normalized spacial score (nSPS) is 16.4. The van der Waals surface area contributed by atoms with Crippen molar-refractivity contribution < 1.29 is 9.42 Å². The van der Waals surface area contributed by atoms with Crippen molar-refractivity contribution in [3.8, 4) is 28.3 Å². The smallest absolute Gasteiger partial charge is 0.203 e. The van der Waals surface area contributed by atoms with E-state index in [1.54, 1.807) is 7.11 Å².